The molecule has 2 aromatic carbocycles. The lowest BCUT2D eigenvalue weighted by Gasteiger charge is -2.11. The fourth-order valence-corrected chi connectivity index (χ4v) is 2.47. The number of benzene rings is 2. The van der Waals surface area contributed by atoms with E-state index in [1.54, 1.807) is 13.0 Å². The van der Waals surface area contributed by atoms with Crippen molar-refractivity contribution in [2.24, 2.45) is 0 Å². The Morgan fingerprint density at radius 1 is 1.07 bits per heavy atom. The molecule has 1 heterocycles. The minimum atomic E-state index is -4.91. The predicted molar refractivity (Wildman–Crippen MR) is 92.1 cm³/mol. The van der Waals surface area contributed by atoms with Gasteiger partial charge in [0.15, 0.2) is 0 Å². The third-order valence-electron chi connectivity index (χ3n) is 3.63. The maximum absolute atomic E-state index is 13.0. The van der Waals surface area contributed by atoms with Gasteiger partial charge in [0.1, 0.15) is 22.6 Å². The van der Waals surface area contributed by atoms with Crippen LogP contribution in [0.2, 0.25) is 0 Å². The highest BCUT2D eigenvalue weighted by Gasteiger charge is 2.38. The van der Waals surface area contributed by atoms with E-state index in [2.05, 4.69) is 0 Å². The lowest BCUT2D eigenvalue weighted by Crippen LogP contribution is -2.09. The number of nitro groups is 1. The second-order valence-corrected chi connectivity index (χ2v) is 5.44. The first-order valence-corrected chi connectivity index (χ1v) is 7.23. The molecule has 1 aromatic heterocycles. The lowest BCUT2D eigenvalue weighted by atomic mass is 10.1. The second kappa shape index (κ2) is 7.10. The van der Waals surface area contributed by atoms with Crippen LogP contribution in [0.3, 0.4) is 0 Å². The Balaban J connectivity index is 0.00000261. The lowest BCUT2D eigenvalue weighted by molar-refractivity contribution is -0.388. The van der Waals surface area contributed by atoms with Crippen LogP contribution in [0.15, 0.2) is 51.7 Å². The summed E-state index contributed by atoms with van der Waals surface area (Å²) in [4.78, 5) is 21.1. The van der Waals surface area contributed by atoms with Gasteiger partial charge in [0.2, 0.25) is 0 Å². The van der Waals surface area contributed by atoms with Crippen LogP contribution < -0.4 is 10.4 Å². The number of halogens is 3. The van der Waals surface area contributed by atoms with Crippen molar-refractivity contribution >= 4 is 16.7 Å². The first-order chi connectivity index (χ1) is 12.1. The van der Waals surface area contributed by atoms with Crippen molar-refractivity contribution in [2.45, 2.75) is 20.5 Å². The van der Waals surface area contributed by atoms with E-state index >= 15 is 0 Å². The highest BCUT2D eigenvalue weighted by atomic mass is 19.4. The normalized spacial score (nSPS) is 11.1. The third-order valence-corrected chi connectivity index (χ3v) is 3.63. The molecule has 27 heavy (non-hydrogen) atoms. The van der Waals surface area contributed by atoms with E-state index in [0.717, 1.165) is 12.1 Å². The van der Waals surface area contributed by atoms with Crippen LogP contribution in [-0.4, -0.2) is 4.92 Å². The molecule has 0 N–H and O–H groups in total. The van der Waals surface area contributed by atoms with Gasteiger partial charge in [-0.2, -0.15) is 13.2 Å². The van der Waals surface area contributed by atoms with E-state index in [-0.39, 0.29) is 24.5 Å². The van der Waals surface area contributed by atoms with E-state index in [9.17, 15) is 28.1 Å². The second-order valence-electron chi connectivity index (χ2n) is 5.44. The first kappa shape index (κ1) is 20.0. The average molecular weight is 381 g/mol. The number of nitro benzene ring substituents is 1. The summed E-state index contributed by atoms with van der Waals surface area (Å²) in [5.74, 6) is -0.120. The Morgan fingerprint density at radius 2 is 1.70 bits per heavy atom. The smallest absolute Gasteiger partial charge is 0.423 e. The molecule has 3 aromatic rings. The van der Waals surface area contributed by atoms with Gasteiger partial charge in [0.05, 0.1) is 4.92 Å². The SMILES string of the molecule is C.Cc1cc(=O)oc2cc(Oc3ccc([N+](=O)[O-])c(C(F)(F)F)c3)ccc12. The van der Waals surface area contributed by atoms with Gasteiger partial charge in [-0.15, -0.1) is 0 Å². The highest BCUT2D eigenvalue weighted by Crippen LogP contribution is 2.39. The van der Waals surface area contributed by atoms with Gasteiger partial charge in [0, 0.05) is 23.6 Å². The Labute approximate surface area is 151 Å². The molecule has 0 aliphatic rings. The minimum Gasteiger partial charge on any atom is -0.457 e. The molecule has 0 aliphatic heterocycles. The summed E-state index contributed by atoms with van der Waals surface area (Å²) in [7, 11) is 0. The van der Waals surface area contributed by atoms with E-state index < -0.39 is 28.0 Å². The van der Waals surface area contributed by atoms with Crippen LogP contribution >= 0.6 is 0 Å². The topological polar surface area (TPSA) is 82.6 Å². The summed E-state index contributed by atoms with van der Waals surface area (Å²) < 4.78 is 49.4. The third kappa shape index (κ3) is 4.08. The molecule has 0 saturated carbocycles. The van der Waals surface area contributed by atoms with Gasteiger partial charge in [-0.3, -0.25) is 10.1 Å². The summed E-state index contributed by atoms with van der Waals surface area (Å²) in [6.45, 7) is 1.71. The summed E-state index contributed by atoms with van der Waals surface area (Å²) in [6, 6.07) is 8.10. The molecular formula is C18H14F3NO5. The molecule has 142 valence electrons. The maximum Gasteiger partial charge on any atom is 0.423 e. The Hall–Kier alpha value is -3.36. The minimum absolute atomic E-state index is 0. The van der Waals surface area contributed by atoms with E-state index in [1.807, 2.05) is 0 Å². The zero-order valence-corrected chi connectivity index (χ0v) is 13.2. The Morgan fingerprint density at radius 3 is 2.33 bits per heavy atom. The summed E-state index contributed by atoms with van der Waals surface area (Å²) in [5.41, 5.74) is -2.15. The maximum atomic E-state index is 13.0. The van der Waals surface area contributed by atoms with Crippen molar-refractivity contribution in [3.05, 3.63) is 74.1 Å². The number of fused-ring (bicyclic) bond motifs is 1. The standard InChI is InChI=1S/C17H10F3NO5.CH4/c1-9-6-16(22)26-15-8-11(2-4-12(9)15)25-10-3-5-14(21(23)24)13(7-10)17(18,19)20;/h2-8H,1H3;1H4. The summed E-state index contributed by atoms with van der Waals surface area (Å²) in [5, 5.41) is 11.4. The number of hydrogen-bond donors (Lipinski definition) is 0. The molecule has 0 fully saturated rings. The number of ether oxygens (including phenoxy) is 1. The van der Waals surface area contributed by atoms with Gasteiger partial charge in [-0.05, 0) is 36.8 Å². The number of alkyl halides is 3. The van der Waals surface area contributed by atoms with Crippen molar-refractivity contribution in [3.63, 3.8) is 0 Å². The van der Waals surface area contributed by atoms with Crippen molar-refractivity contribution < 1.29 is 27.2 Å². The number of hydrogen-bond acceptors (Lipinski definition) is 5. The number of aryl methyl sites for hydroxylation is 1. The zero-order valence-electron chi connectivity index (χ0n) is 13.2. The Bertz CT molecular complexity index is 1070. The molecule has 3 rings (SSSR count). The molecule has 0 unspecified atom stereocenters. The fourth-order valence-electron chi connectivity index (χ4n) is 2.47. The van der Waals surface area contributed by atoms with Gasteiger partial charge in [-0.25, -0.2) is 4.79 Å². The largest absolute Gasteiger partial charge is 0.457 e. The molecule has 0 saturated heterocycles. The zero-order chi connectivity index (χ0) is 19.1. The van der Waals surface area contributed by atoms with Crippen LogP contribution in [0, 0.1) is 17.0 Å². The van der Waals surface area contributed by atoms with Crippen LogP contribution in [0.25, 0.3) is 11.0 Å². The van der Waals surface area contributed by atoms with Crippen molar-refractivity contribution in [1.29, 1.82) is 0 Å². The monoisotopic (exact) mass is 381 g/mol. The molecular weight excluding hydrogens is 367 g/mol. The molecule has 0 spiro atoms. The highest BCUT2D eigenvalue weighted by molar-refractivity contribution is 5.81. The van der Waals surface area contributed by atoms with Crippen LogP contribution in [-0.2, 0) is 6.18 Å². The quantitative estimate of drug-likeness (QED) is 0.342. The van der Waals surface area contributed by atoms with E-state index in [1.165, 1.54) is 18.2 Å². The van der Waals surface area contributed by atoms with Crippen LogP contribution in [0.5, 0.6) is 11.5 Å². The van der Waals surface area contributed by atoms with E-state index in [4.69, 9.17) is 9.15 Å². The molecule has 6 nitrogen and oxygen atoms in total. The molecule has 9 heteroatoms. The molecule has 0 aliphatic carbocycles. The summed E-state index contributed by atoms with van der Waals surface area (Å²) >= 11 is 0. The van der Waals surface area contributed by atoms with Gasteiger partial charge >= 0.3 is 11.8 Å². The van der Waals surface area contributed by atoms with Gasteiger partial charge in [-0.1, -0.05) is 7.43 Å². The van der Waals surface area contributed by atoms with Crippen LogP contribution in [0.4, 0.5) is 18.9 Å². The molecule has 0 amide bonds. The summed E-state index contributed by atoms with van der Waals surface area (Å²) in [6.07, 6.45) is -4.91. The number of rotatable bonds is 3. The van der Waals surface area contributed by atoms with Crippen molar-refractivity contribution in [3.8, 4) is 11.5 Å². The Kier molecular flexibility index (Phi) is 5.25. The number of nitrogens with zero attached hydrogens (tertiary/aromatic N) is 1. The molecule has 0 radical (unpaired) electrons. The molecule has 0 bridgehead atoms. The predicted octanol–water partition coefficient (Wildman–Crippen LogP) is 5.46. The average Bonchev–Trinajstić information content (AvgIpc) is 2.53. The fraction of sp³-hybridized carbons (Fsp3) is 0.167. The molecule has 0 atom stereocenters. The first-order valence-electron chi connectivity index (χ1n) is 7.23. The van der Waals surface area contributed by atoms with Crippen molar-refractivity contribution in [1.82, 2.24) is 0 Å². The van der Waals surface area contributed by atoms with Crippen LogP contribution in [0.1, 0.15) is 18.6 Å². The van der Waals surface area contributed by atoms with Gasteiger partial charge in [0.25, 0.3) is 5.69 Å². The van der Waals surface area contributed by atoms with Gasteiger partial charge < -0.3 is 9.15 Å². The van der Waals surface area contributed by atoms with E-state index in [0.29, 0.717) is 17.0 Å². The van der Waals surface area contributed by atoms with Crippen molar-refractivity contribution in [2.75, 3.05) is 0 Å².